The van der Waals surface area contributed by atoms with Crippen LogP contribution in [0.3, 0.4) is 0 Å². The van der Waals surface area contributed by atoms with Gasteiger partial charge >= 0.3 is 0 Å². The molecule has 0 aliphatic rings. The SMILES string of the molecule is CC(CN)CC(=O)NCc1cccn1C. The lowest BCUT2D eigenvalue weighted by atomic mass is 10.1. The highest BCUT2D eigenvalue weighted by molar-refractivity contribution is 5.76. The molecule has 4 heteroatoms. The highest BCUT2D eigenvalue weighted by Gasteiger charge is 2.07. The molecule has 1 rings (SSSR count). The van der Waals surface area contributed by atoms with Gasteiger partial charge in [-0.25, -0.2) is 0 Å². The van der Waals surface area contributed by atoms with E-state index in [0.29, 0.717) is 19.5 Å². The van der Waals surface area contributed by atoms with Crippen LogP contribution in [-0.2, 0) is 18.4 Å². The van der Waals surface area contributed by atoms with Crippen molar-refractivity contribution in [3.05, 3.63) is 24.0 Å². The standard InChI is InChI=1S/C11H19N3O/c1-9(7-12)6-11(15)13-8-10-4-3-5-14(10)2/h3-5,9H,6-8,12H2,1-2H3,(H,13,15). The van der Waals surface area contributed by atoms with E-state index in [1.165, 1.54) is 0 Å². The zero-order chi connectivity index (χ0) is 11.3. The molecule has 1 aromatic heterocycles. The lowest BCUT2D eigenvalue weighted by Crippen LogP contribution is -2.27. The van der Waals surface area contributed by atoms with Crippen molar-refractivity contribution in [1.82, 2.24) is 9.88 Å². The van der Waals surface area contributed by atoms with E-state index in [2.05, 4.69) is 5.32 Å². The summed E-state index contributed by atoms with van der Waals surface area (Å²) in [7, 11) is 1.96. The molecule has 0 radical (unpaired) electrons. The molecule has 0 saturated carbocycles. The van der Waals surface area contributed by atoms with Gasteiger partial charge in [0.05, 0.1) is 6.54 Å². The maximum atomic E-state index is 11.4. The van der Waals surface area contributed by atoms with Crippen molar-refractivity contribution in [3.63, 3.8) is 0 Å². The Kier molecular flexibility index (Phi) is 4.37. The molecule has 0 saturated heterocycles. The predicted octanol–water partition coefficient (Wildman–Crippen LogP) is 0.626. The molecule has 0 fully saturated rings. The van der Waals surface area contributed by atoms with Crippen LogP contribution in [0.2, 0.25) is 0 Å². The molecule has 0 aliphatic heterocycles. The van der Waals surface area contributed by atoms with E-state index in [0.717, 1.165) is 5.69 Å². The molecule has 1 heterocycles. The third-order valence-electron chi connectivity index (χ3n) is 2.45. The average molecular weight is 209 g/mol. The summed E-state index contributed by atoms with van der Waals surface area (Å²) < 4.78 is 1.99. The van der Waals surface area contributed by atoms with Crippen LogP contribution in [0, 0.1) is 5.92 Å². The fraction of sp³-hybridized carbons (Fsp3) is 0.545. The minimum atomic E-state index is 0.0640. The molecule has 0 bridgehead atoms. The fourth-order valence-electron chi connectivity index (χ4n) is 1.34. The van der Waals surface area contributed by atoms with Crippen molar-refractivity contribution in [2.24, 2.45) is 18.7 Å². The van der Waals surface area contributed by atoms with E-state index in [4.69, 9.17) is 5.73 Å². The minimum Gasteiger partial charge on any atom is -0.353 e. The van der Waals surface area contributed by atoms with Gasteiger partial charge in [-0.15, -0.1) is 0 Å². The Balaban J connectivity index is 2.31. The molecule has 0 spiro atoms. The number of hydrogen-bond donors (Lipinski definition) is 2. The summed E-state index contributed by atoms with van der Waals surface area (Å²) in [5.41, 5.74) is 6.55. The molecule has 0 aromatic carbocycles. The molecule has 0 aliphatic carbocycles. The van der Waals surface area contributed by atoms with Gasteiger partial charge in [-0.1, -0.05) is 6.92 Å². The monoisotopic (exact) mass is 209 g/mol. The lowest BCUT2D eigenvalue weighted by Gasteiger charge is -2.09. The van der Waals surface area contributed by atoms with Crippen molar-refractivity contribution in [2.45, 2.75) is 19.9 Å². The first-order valence-electron chi connectivity index (χ1n) is 5.20. The zero-order valence-corrected chi connectivity index (χ0v) is 9.36. The molecule has 3 N–H and O–H groups in total. The fourth-order valence-corrected chi connectivity index (χ4v) is 1.34. The second-order valence-corrected chi connectivity index (χ2v) is 3.93. The molecule has 1 aromatic rings. The Bertz CT molecular complexity index is 319. The molecule has 15 heavy (non-hydrogen) atoms. The van der Waals surface area contributed by atoms with Gasteiger partial charge in [0.1, 0.15) is 0 Å². The van der Waals surface area contributed by atoms with Crippen molar-refractivity contribution >= 4 is 5.91 Å². The average Bonchev–Trinajstić information content (AvgIpc) is 2.61. The highest BCUT2D eigenvalue weighted by Crippen LogP contribution is 2.01. The van der Waals surface area contributed by atoms with Gasteiger partial charge < -0.3 is 15.6 Å². The van der Waals surface area contributed by atoms with Gasteiger partial charge in [0.25, 0.3) is 0 Å². The molecule has 4 nitrogen and oxygen atoms in total. The van der Waals surface area contributed by atoms with Gasteiger partial charge in [0, 0.05) is 25.4 Å². The molecule has 1 atom stereocenters. The summed E-state index contributed by atoms with van der Waals surface area (Å²) >= 11 is 0. The first kappa shape index (κ1) is 11.8. The van der Waals surface area contributed by atoms with Crippen LogP contribution in [0.15, 0.2) is 18.3 Å². The second-order valence-electron chi connectivity index (χ2n) is 3.93. The Morgan fingerprint density at radius 1 is 1.67 bits per heavy atom. The first-order chi connectivity index (χ1) is 7.13. The number of nitrogens with zero attached hydrogens (tertiary/aromatic N) is 1. The summed E-state index contributed by atoms with van der Waals surface area (Å²) in [5.74, 6) is 0.313. The van der Waals surface area contributed by atoms with Crippen molar-refractivity contribution in [2.75, 3.05) is 6.54 Å². The summed E-state index contributed by atoms with van der Waals surface area (Å²) in [4.78, 5) is 11.4. The molecule has 84 valence electrons. The summed E-state index contributed by atoms with van der Waals surface area (Å²) in [6.45, 7) is 3.11. The number of amides is 1. The largest absolute Gasteiger partial charge is 0.353 e. The molecule has 1 amide bonds. The van der Waals surface area contributed by atoms with E-state index in [1.807, 2.05) is 36.9 Å². The third kappa shape index (κ3) is 3.75. The van der Waals surface area contributed by atoms with E-state index < -0.39 is 0 Å². The number of carbonyl (C=O) groups excluding carboxylic acids is 1. The van der Waals surface area contributed by atoms with Crippen molar-refractivity contribution in [3.8, 4) is 0 Å². The number of carbonyl (C=O) groups is 1. The van der Waals surface area contributed by atoms with Gasteiger partial charge in [-0.2, -0.15) is 0 Å². The number of aromatic nitrogens is 1. The normalized spacial score (nSPS) is 12.5. The van der Waals surface area contributed by atoms with Crippen LogP contribution in [0.1, 0.15) is 19.0 Å². The quantitative estimate of drug-likeness (QED) is 0.747. The highest BCUT2D eigenvalue weighted by atomic mass is 16.1. The minimum absolute atomic E-state index is 0.0640. The van der Waals surface area contributed by atoms with Crippen LogP contribution in [0.25, 0.3) is 0 Å². The topological polar surface area (TPSA) is 60.1 Å². The Hall–Kier alpha value is -1.29. The Morgan fingerprint density at radius 2 is 2.40 bits per heavy atom. The number of nitrogens with two attached hydrogens (primary N) is 1. The van der Waals surface area contributed by atoms with Gasteiger partial charge in [0.15, 0.2) is 0 Å². The summed E-state index contributed by atoms with van der Waals surface area (Å²) in [5, 5.41) is 2.88. The van der Waals surface area contributed by atoms with Gasteiger partial charge in [-0.3, -0.25) is 4.79 Å². The lowest BCUT2D eigenvalue weighted by molar-refractivity contribution is -0.122. The first-order valence-corrected chi connectivity index (χ1v) is 5.20. The zero-order valence-electron chi connectivity index (χ0n) is 9.36. The number of nitrogens with one attached hydrogen (secondary N) is 1. The van der Waals surface area contributed by atoms with Crippen LogP contribution in [-0.4, -0.2) is 17.0 Å². The van der Waals surface area contributed by atoms with Crippen molar-refractivity contribution < 1.29 is 4.79 Å². The number of aryl methyl sites for hydroxylation is 1. The molecule has 1 unspecified atom stereocenters. The Morgan fingerprint density at radius 3 is 2.93 bits per heavy atom. The van der Waals surface area contributed by atoms with Crippen molar-refractivity contribution in [1.29, 1.82) is 0 Å². The van der Waals surface area contributed by atoms with Crippen LogP contribution < -0.4 is 11.1 Å². The van der Waals surface area contributed by atoms with Gasteiger partial charge in [0.2, 0.25) is 5.91 Å². The molecular formula is C11H19N3O. The van der Waals surface area contributed by atoms with E-state index in [1.54, 1.807) is 0 Å². The molecular weight excluding hydrogens is 190 g/mol. The smallest absolute Gasteiger partial charge is 0.220 e. The van der Waals surface area contributed by atoms with Crippen LogP contribution in [0.5, 0.6) is 0 Å². The maximum absolute atomic E-state index is 11.4. The number of rotatable bonds is 5. The van der Waals surface area contributed by atoms with Gasteiger partial charge in [-0.05, 0) is 24.6 Å². The second kappa shape index (κ2) is 5.56. The number of hydrogen-bond acceptors (Lipinski definition) is 2. The Labute approximate surface area is 90.5 Å². The third-order valence-corrected chi connectivity index (χ3v) is 2.45. The summed E-state index contributed by atoms with van der Waals surface area (Å²) in [6, 6.07) is 3.95. The van der Waals surface area contributed by atoms with E-state index >= 15 is 0 Å². The predicted molar refractivity (Wildman–Crippen MR) is 60.1 cm³/mol. The van der Waals surface area contributed by atoms with Crippen LogP contribution in [0.4, 0.5) is 0 Å². The summed E-state index contributed by atoms with van der Waals surface area (Å²) in [6.07, 6.45) is 2.46. The van der Waals surface area contributed by atoms with E-state index in [-0.39, 0.29) is 11.8 Å². The van der Waals surface area contributed by atoms with E-state index in [9.17, 15) is 4.79 Å². The maximum Gasteiger partial charge on any atom is 0.220 e. The van der Waals surface area contributed by atoms with Crippen LogP contribution >= 0.6 is 0 Å².